The maximum absolute atomic E-state index is 12.3. The van der Waals surface area contributed by atoms with Crippen LogP contribution >= 0.6 is 24.0 Å². The number of carbonyl (C=O) groups excluding carboxylic acids is 2. The van der Waals surface area contributed by atoms with E-state index in [0.717, 1.165) is 23.1 Å². The van der Waals surface area contributed by atoms with E-state index in [1.165, 1.54) is 4.90 Å². The van der Waals surface area contributed by atoms with Gasteiger partial charge in [0, 0.05) is 17.6 Å². The second kappa shape index (κ2) is 9.49. The third kappa shape index (κ3) is 5.96. The molecule has 2 heterocycles. The molecule has 158 valence electrons. The molecule has 1 saturated heterocycles. The fraction of sp³-hybridized carbons (Fsp3) is 0.318. The molecule has 6 nitrogen and oxygen atoms in total. The lowest BCUT2D eigenvalue weighted by molar-refractivity contribution is 0.135. The van der Waals surface area contributed by atoms with E-state index < -0.39 is 6.09 Å². The van der Waals surface area contributed by atoms with Gasteiger partial charge in [-0.25, -0.2) is 4.79 Å². The molecule has 1 aliphatic rings. The van der Waals surface area contributed by atoms with Crippen molar-refractivity contribution < 1.29 is 18.7 Å². The number of nitrogens with one attached hydrogen (secondary N) is 1. The highest BCUT2D eigenvalue weighted by Gasteiger charge is 2.31. The molecule has 1 aromatic heterocycles. The van der Waals surface area contributed by atoms with Gasteiger partial charge in [0.05, 0.1) is 11.5 Å². The fourth-order valence-corrected chi connectivity index (χ4v) is 4.01. The summed E-state index contributed by atoms with van der Waals surface area (Å²) in [6.07, 6.45) is 1.81. The van der Waals surface area contributed by atoms with Crippen LogP contribution in [-0.4, -0.2) is 39.9 Å². The van der Waals surface area contributed by atoms with Crippen LogP contribution in [0.2, 0.25) is 0 Å². The fourth-order valence-electron chi connectivity index (χ4n) is 2.74. The Morgan fingerprint density at radius 3 is 2.67 bits per heavy atom. The summed E-state index contributed by atoms with van der Waals surface area (Å²) in [6.45, 7) is 6.22. The number of hydrogen-bond acceptors (Lipinski definition) is 6. The number of benzene rings is 1. The van der Waals surface area contributed by atoms with Crippen LogP contribution in [0.1, 0.15) is 33.0 Å². The van der Waals surface area contributed by atoms with Gasteiger partial charge in [-0.05, 0) is 57.2 Å². The molecule has 0 atom stereocenters. The summed E-state index contributed by atoms with van der Waals surface area (Å²) in [4.78, 5) is 26.7. The van der Waals surface area contributed by atoms with Gasteiger partial charge in [-0.3, -0.25) is 9.69 Å². The molecule has 1 fully saturated rings. The maximum atomic E-state index is 12.3. The Morgan fingerprint density at radius 1 is 1.23 bits per heavy atom. The first-order chi connectivity index (χ1) is 14.2. The maximum Gasteiger partial charge on any atom is 0.407 e. The predicted octanol–water partition coefficient (Wildman–Crippen LogP) is 5.70. The van der Waals surface area contributed by atoms with Crippen LogP contribution in [0.25, 0.3) is 17.4 Å². The third-order valence-corrected chi connectivity index (χ3v) is 5.56. The molecule has 30 heavy (non-hydrogen) atoms. The first-order valence-corrected chi connectivity index (χ1v) is 10.8. The average molecular weight is 445 g/mol. The zero-order valence-electron chi connectivity index (χ0n) is 17.1. The Balaban J connectivity index is 1.55. The molecule has 1 aliphatic heterocycles. The number of carbonyl (C=O) groups is 2. The van der Waals surface area contributed by atoms with Crippen LogP contribution in [0.3, 0.4) is 0 Å². The summed E-state index contributed by atoms with van der Waals surface area (Å²) < 4.78 is 11.0. The largest absolute Gasteiger partial charge is 0.457 e. The molecule has 0 saturated carbocycles. The lowest BCUT2D eigenvalue weighted by Crippen LogP contribution is -2.41. The second-order valence-corrected chi connectivity index (χ2v) is 9.15. The molecular formula is C22H24N2O4S2. The van der Waals surface area contributed by atoms with E-state index in [1.807, 2.05) is 63.2 Å². The minimum Gasteiger partial charge on any atom is -0.457 e. The van der Waals surface area contributed by atoms with Crippen molar-refractivity contribution in [3.05, 3.63) is 53.1 Å². The van der Waals surface area contributed by atoms with Crippen molar-refractivity contribution in [3.8, 4) is 11.3 Å². The molecule has 1 N–H and O–H groups in total. The summed E-state index contributed by atoms with van der Waals surface area (Å²) in [5, 5.41) is 2.58. The van der Waals surface area contributed by atoms with Crippen LogP contribution in [0, 0.1) is 0 Å². The Bertz CT molecular complexity index is 961. The van der Waals surface area contributed by atoms with Crippen LogP contribution in [-0.2, 0) is 4.74 Å². The predicted molar refractivity (Wildman–Crippen MR) is 123 cm³/mol. The molecule has 0 radical (unpaired) electrons. The monoisotopic (exact) mass is 444 g/mol. The van der Waals surface area contributed by atoms with Crippen molar-refractivity contribution in [1.82, 2.24) is 10.2 Å². The van der Waals surface area contributed by atoms with Crippen molar-refractivity contribution in [1.29, 1.82) is 0 Å². The quantitative estimate of drug-likeness (QED) is 0.350. The van der Waals surface area contributed by atoms with Gasteiger partial charge in [0.2, 0.25) is 0 Å². The van der Waals surface area contributed by atoms with E-state index in [0.29, 0.717) is 28.6 Å². The van der Waals surface area contributed by atoms with Crippen LogP contribution in [0.5, 0.6) is 0 Å². The number of hydrogen-bond donors (Lipinski definition) is 1. The molecule has 3 rings (SSSR count). The lowest BCUT2D eigenvalue weighted by Gasteiger charge is -2.20. The standard InChI is InChI=1S/C22H24N2O4S2/c1-22(2,3)23-20(25)27-13-7-12-24-19(29)18(30-21(24)26)14-16-10-11-17(28-16)15-8-5-4-6-9-15/h4-6,8-11,14H,7,12-13H2,1-3H3,(H,23,25). The Kier molecular flexibility index (Phi) is 6.99. The van der Waals surface area contributed by atoms with Crippen molar-refractivity contribution in [3.63, 3.8) is 0 Å². The molecule has 0 aliphatic carbocycles. The molecule has 0 bridgehead atoms. The SMILES string of the molecule is CC(C)(C)NC(=O)OCCCN1C(=O)SC(=Cc2ccc(-c3ccccc3)o2)C1=S. The molecule has 8 heteroatoms. The van der Waals surface area contributed by atoms with Gasteiger partial charge < -0.3 is 14.5 Å². The molecule has 2 amide bonds. The molecule has 2 aromatic rings. The highest BCUT2D eigenvalue weighted by Crippen LogP contribution is 2.34. The normalized spacial score (nSPS) is 15.7. The zero-order valence-corrected chi connectivity index (χ0v) is 18.8. The van der Waals surface area contributed by atoms with Gasteiger partial charge in [-0.15, -0.1) is 0 Å². The van der Waals surface area contributed by atoms with Gasteiger partial charge in [0.25, 0.3) is 5.24 Å². The highest BCUT2D eigenvalue weighted by molar-refractivity contribution is 8.19. The number of nitrogens with zero attached hydrogens (tertiary/aromatic N) is 1. The number of thioether (sulfide) groups is 1. The van der Waals surface area contributed by atoms with E-state index >= 15 is 0 Å². The number of alkyl carbamates (subject to hydrolysis) is 1. The van der Waals surface area contributed by atoms with Gasteiger partial charge in [-0.2, -0.15) is 0 Å². The van der Waals surface area contributed by atoms with E-state index in [1.54, 1.807) is 6.08 Å². The van der Waals surface area contributed by atoms with Gasteiger partial charge >= 0.3 is 6.09 Å². The van der Waals surface area contributed by atoms with E-state index in [9.17, 15) is 9.59 Å². The van der Waals surface area contributed by atoms with Crippen LogP contribution in [0.15, 0.2) is 51.8 Å². The van der Waals surface area contributed by atoms with Crippen molar-refractivity contribution in [2.45, 2.75) is 32.7 Å². The van der Waals surface area contributed by atoms with Crippen LogP contribution in [0.4, 0.5) is 9.59 Å². The summed E-state index contributed by atoms with van der Waals surface area (Å²) in [7, 11) is 0. The summed E-state index contributed by atoms with van der Waals surface area (Å²) >= 11 is 6.55. The van der Waals surface area contributed by atoms with Crippen molar-refractivity contribution in [2.24, 2.45) is 0 Å². The topological polar surface area (TPSA) is 71.8 Å². The van der Waals surface area contributed by atoms with E-state index in [4.69, 9.17) is 21.4 Å². The smallest absolute Gasteiger partial charge is 0.407 e. The van der Waals surface area contributed by atoms with E-state index in [-0.39, 0.29) is 17.4 Å². The Labute approximate surface area is 185 Å². The Hall–Kier alpha value is -2.58. The first kappa shape index (κ1) is 22.1. The molecule has 0 unspecified atom stereocenters. The van der Waals surface area contributed by atoms with Crippen molar-refractivity contribution in [2.75, 3.05) is 13.2 Å². The van der Waals surface area contributed by atoms with E-state index in [2.05, 4.69) is 5.32 Å². The average Bonchev–Trinajstić information content (AvgIpc) is 3.24. The third-order valence-electron chi connectivity index (χ3n) is 4.07. The molecule has 0 spiro atoms. The zero-order chi connectivity index (χ0) is 21.7. The van der Waals surface area contributed by atoms with Gasteiger partial charge in [-0.1, -0.05) is 42.5 Å². The van der Waals surface area contributed by atoms with Crippen molar-refractivity contribution >= 4 is 46.4 Å². The lowest BCUT2D eigenvalue weighted by atomic mass is 10.1. The van der Waals surface area contributed by atoms with Gasteiger partial charge in [0.1, 0.15) is 16.5 Å². The summed E-state index contributed by atoms with van der Waals surface area (Å²) in [5.41, 5.74) is 0.628. The molecular weight excluding hydrogens is 420 g/mol. The number of amides is 2. The second-order valence-electron chi connectivity index (χ2n) is 7.77. The number of thiocarbonyl (C=S) groups is 1. The van der Waals surface area contributed by atoms with Gasteiger partial charge in [0.15, 0.2) is 0 Å². The summed E-state index contributed by atoms with van der Waals surface area (Å²) in [6, 6.07) is 13.5. The number of furan rings is 1. The number of ether oxygens (including phenoxy) is 1. The number of rotatable bonds is 6. The van der Waals surface area contributed by atoms with Crippen LogP contribution < -0.4 is 5.32 Å². The minimum atomic E-state index is -0.472. The first-order valence-electron chi connectivity index (χ1n) is 9.58. The minimum absolute atomic E-state index is 0.139. The summed E-state index contributed by atoms with van der Waals surface area (Å²) in [5.74, 6) is 1.39. The Morgan fingerprint density at radius 2 is 1.97 bits per heavy atom. The molecule has 1 aromatic carbocycles. The highest BCUT2D eigenvalue weighted by atomic mass is 32.2.